The molecule has 0 radical (unpaired) electrons. The Morgan fingerprint density at radius 1 is 1.05 bits per heavy atom. The Morgan fingerprint density at radius 2 is 1.95 bits per heavy atom. The lowest BCUT2D eigenvalue weighted by Crippen LogP contribution is -1.97. The summed E-state index contributed by atoms with van der Waals surface area (Å²) in [4.78, 5) is 8.74. The fourth-order valence-corrected chi connectivity index (χ4v) is 2.74. The maximum Gasteiger partial charge on any atom is 0.137 e. The van der Waals surface area contributed by atoms with E-state index in [0.29, 0.717) is 0 Å². The number of anilines is 1. The molecule has 0 fully saturated rings. The zero-order valence-corrected chi connectivity index (χ0v) is 11.6. The molecule has 4 nitrogen and oxygen atoms in total. The molecule has 0 atom stereocenters. The number of hydrogen-bond acceptors (Lipinski definition) is 3. The molecular weight excluding hydrogens is 260 g/mol. The normalized spacial score (nSPS) is 11.3. The maximum absolute atomic E-state index is 6.06. The SMILES string of the molecule is Cc1cc(N)c2cnc(-n3ccc4ccncc43)cc2c1. The third-order valence-corrected chi connectivity index (χ3v) is 3.74. The molecule has 21 heavy (non-hydrogen) atoms. The largest absolute Gasteiger partial charge is 0.398 e. The molecule has 2 N–H and O–H groups in total. The number of nitrogen functional groups attached to an aromatic ring is 1. The van der Waals surface area contributed by atoms with Gasteiger partial charge < -0.3 is 5.73 Å². The van der Waals surface area contributed by atoms with Crippen LogP contribution in [-0.4, -0.2) is 14.5 Å². The van der Waals surface area contributed by atoms with Crippen LogP contribution in [0.4, 0.5) is 5.69 Å². The predicted molar refractivity (Wildman–Crippen MR) is 85.5 cm³/mol. The first-order valence-corrected chi connectivity index (χ1v) is 6.80. The van der Waals surface area contributed by atoms with Crippen LogP contribution in [0.3, 0.4) is 0 Å². The number of aryl methyl sites for hydroxylation is 1. The summed E-state index contributed by atoms with van der Waals surface area (Å²) in [6.07, 6.45) is 7.50. The summed E-state index contributed by atoms with van der Waals surface area (Å²) in [5.74, 6) is 0.871. The minimum atomic E-state index is 0.767. The summed E-state index contributed by atoms with van der Waals surface area (Å²) in [5, 5.41) is 3.23. The smallest absolute Gasteiger partial charge is 0.137 e. The first kappa shape index (κ1) is 11.9. The molecule has 0 saturated heterocycles. The first-order chi connectivity index (χ1) is 10.2. The molecule has 102 valence electrons. The Hall–Kier alpha value is -2.88. The highest BCUT2D eigenvalue weighted by molar-refractivity contribution is 5.94. The number of fused-ring (bicyclic) bond motifs is 2. The van der Waals surface area contributed by atoms with Crippen LogP contribution in [0.5, 0.6) is 0 Å². The minimum absolute atomic E-state index is 0.767. The Labute approximate surface area is 121 Å². The molecule has 4 aromatic rings. The van der Waals surface area contributed by atoms with Crippen LogP contribution in [0.1, 0.15) is 5.56 Å². The first-order valence-electron chi connectivity index (χ1n) is 6.80. The van der Waals surface area contributed by atoms with Gasteiger partial charge in [0.05, 0.1) is 11.7 Å². The van der Waals surface area contributed by atoms with Gasteiger partial charge in [0.15, 0.2) is 0 Å². The van der Waals surface area contributed by atoms with Crippen molar-refractivity contribution in [1.29, 1.82) is 0 Å². The molecule has 0 bridgehead atoms. The molecule has 4 heteroatoms. The van der Waals surface area contributed by atoms with Crippen LogP contribution in [0, 0.1) is 6.92 Å². The predicted octanol–water partition coefficient (Wildman–Crippen LogP) is 3.46. The molecule has 0 spiro atoms. The maximum atomic E-state index is 6.06. The van der Waals surface area contributed by atoms with Gasteiger partial charge in [0.2, 0.25) is 0 Å². The highest BCUT2D eigenvalue weighted by atomic mass is 15.1. The number of nitrogens with two attached hydrogens (primary N) is 1. The number of pyridine rings is 2. The van der Waals surface area contributed by atoms with Gasteiger partial charge in [0.1, 0.15) is 5.82 Å². The van der Waals surface area contributed by atoms with Gasteiger partial charge in [-0.2, -0.15) is 0 Å². The number of benzene rings is 1. The van der Waals surface area contributed by atoms with E-state index in [2.05, 4.69) is 28.2 Å². The van der Waals surface area contributed by atoms with Gasteiger partial charge in [-0.05, 0) is 42.1 Å². The molecule has 0 unspecified atom stereocenters. The molecule has 0 aliphatic carbocycles. The van der Waals surface area contributed by atoms with Crippen LogP contribution in [-0.2, 0) is 0 Å². The fraction of sp³-hybridized carbons (Fsp3) is 0.0588. The van der Waals surface area contributed by atoms with Crippen molar-refractivity contribution in [2.45, 2.75) is 6.92 Å². The van der Waals surface area contributed by atoms with Gasteiger partial charge in [-0.25, -0.2) is 4.98 Å². The van der Waals surface area contributed by atoms with Crippen LogP contribution >= 0.6 is 0 Å². The third-order valence-electron chi connectivity index (χ3n) is 3.74. The standard InChI is InChI=1S/C17H14N4/c1-11-6-13-8-17(20-9-14(13)15(18)7-11)21-5-3-12-2-4-19-10-16(12)21/h2-10H,18H2,1H3. The molecular formula is C17H14N4. The average Bonchev–Trinajstić information content (AvgIpc) is 2.90. The minimum Gasteiger partial charge on any atom is -0.398 e. The lowest BCUT2D eigenvalue weighted by atomic mass is 10.1. The molecule has 0 aliphatic rings. The van der Waals surface area contributed by atoms with E-state index in [4.69, 9.17) is 5.73 Å². The second kappa shape index (κ2) is 4.31. The summed E-state index contributed by atoms with van der Waals surface area (Å²) in [7, 11) is 0. The third kappa shape index (κ3) is 1.84. The second-order valence-corrected chi connectivity index (χ2v) is 5.24. The molecule has 3 aromatic heterocycles. The van der Waals surface area contributed by atoms with Gasteiger partial charge in [-0.3, -0.25) is 9.55 Å². The molecule has 0 aliphatic heterocycles. The molecule has 4 rings (SSSR count). The number of nitrogens with zero attached hydrogens (tertiary/aromatic N) is 3. The van der Waals surface area contributed by atoms with Gasteiger partial charge >= 0.3 is 0 Å². The summed E-state index contributed by atoms with van der Waals surface area (Å²) in [6, 6.07) is 10.2. The van der Waals surface area contributed by atoms with Crippen molar-refractivity contribution >= 4 is 27.4 Å². The van der Waals surface area contributed by atoms with E-state index in [0.717, 1.165) is 38.7 Å². The van der Waals surface area contributed by atoms with Gasteiger partial charge in [0, 0.05) is 35.1 Å². The second-order valence-electron chi connectivity index (χ2n) is 5.24. The van der Waals surface area contributed by atoms with Crippen molar-refractivity contribution in [1.82, 2.24) is 14.5 Å². The summed E-state index contributed by atoms with van der Waals surface area (Å²) >= 11 is 0. The molecule has 0 amide bonds. The van der Waals surface area contributed by atoms with Gasteiger partial charge in [-0.1, -0.05) is 6.07 Å². The zero-order chi connectivity index (χ0) is 14.4. The van der Waals surface area contributed by atoms with E-state index in [1.807, 2.05) is 42.2 Å². The summed E-state index contributed by atoms with van der Waals surface area (Å²) < 4.78 is 2.04. The Bertz CT molecular complexity index is 969. The number of rotatable bonds is 1. The van der Waals surface area contributed by atoms with Gasteiger partial charge in [-0.15, -0.1) is 0 Å². The van der Waals surface area contributed by atoms with Crippen LogP contribution in [0.25, 0.3) is 27.5 Å². The van der Waals surface area contributed by atoms with E-state index in [1.54, 1.807) is 6.20 Å². The number of aromatic nitrogens is 3. The zero-order valence-electron chi connectivity index (χ0n) is 11.6. The quantitative estimate of drug-likeness (QED) is 0.541. The highest BCUT2D eigenvalue weighted by Gasteiger charge is 2.07. The van der Waals surface area contributed by atoms with Crippen molar-refractivity contribution in [3.63, 3.8) is 0 Å². The Balaban J connectivity index is 1.98. The van der Waals surface area contributed by atoms with E-state index < -0.39 is 0 Å². The lowest BCUT2D eigenvalue weighted by molar-refractivity contribution is 1.05. The molecule has 3 heterocycles. The van der Waals surface area contributed by atoms with Crippen LogP contribution < -0.4 is 5.73 Å². The number of hydrogen-bond donors (Lipinski definition) is 1. The molecule has 0 saturated carbocycles. The summed E-state index contributed by atoms with van der Waals surface area (Å²) in [6.45, 7) is 2.05. The topological polar surface area (TPSA) is 56.7 Å². The Morgan fingerprint density at radius 3 is 2.86 bits per heavy atom. The van der Waals surface area contributed by atoms with E-state index in [-0.39, 0.29) is 0 Å². The Kier molecular flexibility index (Phi) is 2.44. The average molecular weight is 274 g/mol. The van der Waals surface area contributed by atoms with Gasteiger partial charge in [0.25, 0.3) is 0 Å². The van der Waals surface area contributed by atoms with E-state index in [1.165, 1.54) is 0 Å². The lowest BCUT2D eigenvalue weighted by Gasteiger charge is -2.08. The van der Waals surface area contributed by atoms with Crippen LogP contribution in [0.2, 0.25) is 0 Å². The van der Waals surface area contributed by atoms with Crippen molar-refractivity contribution in [2.24, 2.45) is 0 Å². The summed E-state index contributed by atoms with van der Waals surface area (Å²) in [5.41, 5.74) is 9.02. The van der Waals surface area contributed by atoms with Crippen LogP contribution in [0.15, 0.2) is 55.1 Å². The van der Waals surface area contributed by atoms with E-state index in [9.17, 15) is 0 Å². The van der Waals surface area contributed by atoms with E-state index >= 15 is 0 Å². The highest BCUT2D eigenvalue weighted by Crippen LogP contribution is 2.25. The van der Waals surface area contributed by atoms with Crippen molar-refractivity contribution in [3.8, 4) is 5.82 Å². The fourth-order valence-electron chi connectivity index (χ4n) is 2.74. The van der Waals surface area contributed by atoms with Crippen molar-refractivity contribution in [3.05, 3.63) is 60.7 Å². The monoisotopic (exact) mass is 274 g/mol. The molecule has 1 aromatic carbocycles. The van der Waals surface area contributed by atoms with Crippen molar-refractivity contribution in [2.75, 3.05) is 5.73 Å². The van der Waals surface area contributed by atoms with Crippen molar-refractivity contribution < 1.29 is 0 Å².